The number of aromatic nitrogens is 3. The molecular weight excluding hydrogens is 370 g/mol. The number of methoxy groups -OCH3 is 2. The molecule has 3 heterocycles. The van der Waals surface area contributed by atoms with E-state index in [1.807, 2.05) is 23.1 Å². The van der Waals surface area contributed by atoms with Crippen LogP contribution in [0.4, 0.5) is 4.79 Å². The molecule has 156 valence electrons. The van der Waals surface area contributed by atoms with E-state index in [0.29, 0.717) is 18.0 Å². The number of fused-ring (bicyclic) bond motifs is 1. The summed E-state index contributed by atoms with van der Waals surface area (Å²) in [7, 11) is 3.22. The second kappa shape index (κ2) is 8.71. The van der Waals surface area contributed by atoms with Crippen molar-refractivity contribution in [2.75, 3.05) is 20.8 Å². The van der Waals surface area contributed by atoms with Crippen molar-refractivity contribution in [1.82, 2.24) is 25.0 Å². The maximum absolute atomic E-state index is 12.9. The smallest absolute Gasteiger partial charge is 0.318 e. The van der Waals surface area contributed by atoms with Gasteiger partial charge in [0.25, 0.3) is 0 Å². The van der Waals surface area contributed by atoms with E-state index in [-0.39, 0.29) is 12.1 Å². The van der Waals surface area contributed by atoms with Crippen molar-refractivity contribution in [2.24, 2.45) is 0 Å². The average Bonchev–Trinajstić information content (AvgIpc) is 3.32. The van der Waals surface area contributed by atoms with E-state index < -0.39 is 0 Å². The minimum absolute atomic E-state index is 0.000228. The Morgan fingerprint density at radius 3 is 2.79 bits per heavy atom. The predicted octanol–water partition coefficient (Wildman–Crippen LogP) is 3.07. The number of likely N-dealkylation sites (tertiary alicyclic amines) is 1. The van der Waals surface area contributed by atoms with Gasteiger partial charge >= 0.3 is 6.03 Å². The van der Waals surface area contributed by atoms with Crippen LogP contribution in [0.15, 0.2) is 18.2 Å². The Balaban J connectivity index is 1.44. The van der Waals surface area contributed by atoms with E-state index in [1.54, 1.807) is 14.2 Å². The largest absolute Gasteiger partial charge is 0.493 e. The minimum Gasteiger partial charge on any atom is -0.493 e. The van der Waals surface area contributed by atoms with Gasteiger partial charge in [0.1, 0.15) is 5.82 Å². The van der Waals surface area contributed by atoms with E-state index >= 15 is 0 Å². The van der Waals surface area contributed by atoms with E-state index in [2.05, 4.69) is 20.1 Å². The summed E-state index contributed by atoms with van der Waals surface area (Å²) in [5.74, 6) is 3.34. The summed E-state index contributed by atoms with van der Waals surface area (Å²) in [5, 5.41) is 11.9. The van der Waals surface area contributed by atoms with Crippen LogP contribution in [0.3, 0.4) is 0 Å². The zero-order chi connectivity index (χ0) is 20.2. The first-order chi connectivity index (χ1) is 14.2. The van der Waals surface area contributed by atoms with Crippen LogP contribution in [0.2, 0.25) is 0 Å². The number of ether oxygens (including phenoxy) is 2. The van der Waals surface area contributed by atoms with Crippen LogP contribution in [0.25, 0.3) is 0 Å². The van der Waals surface area contributed by atoms with Crippen molar-refractivity contribution in [2.45, 2.75) is 57.7 Å². The molecular formula is C21H29N5O3. The SMILES string of the molecule is COc1ccc(CNC(=O)N2CCC[C@@H]2c2nnc3n2CCCCC3)cc1OC. The standard InChI is InChI=1S/C21H29N5O3/c1-28-17-10-9-15(13-18(17)29-2)14-22-21(27)25-12-6-7-16(25)20-24-23-19-8-4-3-5-11-26(19)20/h9-10,13,16H,3-8,11-12,14H2,1-2H3,(H,22,27)/t16-/m1/s1. The molecule has 4 rings (SSSR count). The maximum atomic E-state index is 12.9. The van der Waals surface area contributed by atoms with Crippen molar-refractivity contribution in [3.63, 3.8) is 0 Å². The molecule has 2 aliphatic heterocycles. The molecule has 1 aromatic heterocycles. The van der Waals surface area contributed by atoms with Crippen molar-refractivity contribution in [3.05, 3.63) is 35.4 Å². The quantitative estimate of drug-likeness (QED) is 0.836. The van der Waals surface area contributed by atoms with Crippen LogP contribution in [0, 0.1) is 0 Å². The second-order valence-electron chi connectivity index (χ2n) is 7.64. The Morgan fingerprint density at radius 1 is 1.10 bits per heavy atom. The molecule has 1 atom stereocenters. The molecule has 1 saturated heterocycles. The fraction of sp³-hybridized carbons (Fsp3) is 0.571. The number of nitrogens with zero attached hydrogens (tertiary/aromatic N) is 4. The lowest BCUT2D eigenvalue weighted by atomic mass is 10.2. The molecule has 1 fully saturated rings. The normalized spacial score (nSPS) is 18.8. The van der Waals surface area contributed by atoms with Crippen molar-refractivity contribution < 1.29 is 14.3 Å². The van der Waals surface area contributed by atoms with Crippen LogP contribution in [-0.2, 0) is 19.5 Å². The van der Waals surface area contributed by atoms with Gasteiger partial charge in [0, 0.05) is 26.1 Å². The molecule has 2 amide bonds. The Morgan fingerprint density at radius 2 is 1.97 bits per heavy atom. The topological polar surface area (TPSA) is 81.5 Å². The van der Waals surface area contributed by atoms with Crippen LogP contribution in [0.1, 0.15) is 55.4 Å². The van der Waals surface area contributed by atoms with Gasteiger partial charge in [-0.1, -0.05) is 12.5 Å². The Bertz CT molecular complexity index is 866. The molecule has 2 aromatic rings. The summed E-state index contributed by atoms with van der Waals surface area (Å²) < 4.78 is 12.9. The third-order valence-corrected chi connectivity index (χ3v) is 5.84. The average molecular weight is 399 g/mol. The van der Waals surface area contributed by atoms with E-state index in [9.17, 15) is 4.79 Å². The van der Waals surface area contributed by atoms with Crippen molar-refractivity contribution in [3.8, 4) is 11.5 Å². The molecule has 1 aromatic carbocycles. The first-order valence-electron chi connectivity index (χ1n) is 10.4. The molecule has 1 N–H and O–H groups in total. The number of hydrogen-bond acceptors (Lipinski definition) is 5. The molecule has 0 bridgehead atoms. The summed E-state index contributed by atoms with van der Waals surface area (Å²) in [5.41, 5.74) is 0.961. The van der Waals surface area contributed by atoms with Crippen LogP contribution < -0.4 is 14.8 Å². The van der Waals surface area contributed by atoms with Gasteiger partial charge < -0.3 is 24.3 Å². The number of carbonyl (C=O) groups is 1. The third-order valence-electron chi connectivity index (χ3n) is 5.84. The Hall–Kier alpha value is -2.77. The van der Waals surface area contributed by atoms with Crippen LogP contribution in [-0.4, -0.2) is 46.5 Å². The minimum atomic E-state index is -0.0618. The van der Waals surface area contributed by atoms with Crippen LogP contribution >= 0.6 is 0 Å². The second-order valence-corrected chi connectivity index (χ2v) is 7.64. The molecule has 0 aliphatic carbocycles. The van der Waals surface area contributed by atoms with E-state index in [0.717, 1.165) is 56.0 Å². The third kappa shape index (κ3) is 4.02. The Labute approximate surface area is 171 Å². The molecule has 8 nitrogen and oxygen atoms in total. The number of hydrogen-bond donors (Lipinski definition) is 1. The number of rotatable bonds is 5. The highest BCUT2D eigenvalue weighted by Gasteiger charge is 2.34. The van der Waals surface area contributed by atoms with Crippen molar-refractivity contribution >= 4 is 6.03 Å². The van der Waals surface area contributed by atoms with Gasteiger partial charge in [0.15, 0.2) is 17.3 Å². The lowest BCUT2D eigenvalue weighted by Crippen LogP contribution is -2.39. The van der Waals surface area contributed by atoms with Gasteiger partial charge in [-0.2, -0.15) is 0 Å². The molecule has 0 spiro atoms. The zero-order valence-corrected chi connectivity index (χ0v) is 17.2. The molecule has 2 aliphatic rings. The van der Waals surface area contributed by atoms with E-state index in [1.165, 1.54) is 12.8 Å². The highest BCUT2D eigenvalue weighted by Crippen LogP contribution is 2.32. The van der Waals surface area contributed by atoms with Crippen LogP contribution in [0.5, 0.6) is 11.5 Å². The summed E-state index contributed by atoms with van der Waals surface area (Å²) in [6, 6.07) is 5.61. The molecule has 0 saturated carbocycles. The molecule has 0 unspecified atom stereocenters. The fourth-order valence-corrected chi connectivity index (χ4v) is 4.30. The monoisotopic (exact) mass is 399 g/mol. The number of amides is 2. The molecule has 0 radical (unpaired) electrons. The van der Waals surface area contributed by atoms with Gasteiger partial charge in [-0.25, -0.2) is 4.79 Å². The van der Waals surface area contributed by atoms with Gasteiger partial charge in [-0.3, -0.25) is 0 Å². The van der Waals surface area contributed by atoms with Gasteiger partial charge in [-0.15, -0.1) is 10.2 Å². The van der Waals surface area contributed by atoms with E-state index in [4.69, 9.17) is 9.47 Å². The van der Waals surface area contributed by atoms with Gasteiger partial charge in [-0.05, 0) is 43.4 Å². The zero-order valence-electron chi connectivity index (χ0n) is 17.2. The Kier molecular flexibility index (Phi) is 5.87. The predicted molar refractivity (Wildman–Crippen MR) is 108 cm³/mol. The van der Waals surface area contributed by atoms with Gasteiger partial charge in [0.2, 0.25) is 0 Å². The molecule has 8 heteroatoms. The lowest BCUT2D eigenvalue weighted by molar-refractivity contribution is 0.189. The summed E-state index contributed by atoms with van der Waals surface area (Å²) >= 11 is 0. The molecule has 29 heavy (non-hydrogen) atoms. The summed E-state index contributed by atoms with van der Waals surface area (Å²) in [6.45, 7) is 2.13. The number of carbonyl (C=O) groups excluding carboxylic acids is 1. The number of aryl methyl sites for hydroxylation is 1. The van der Waals surface area contributed by atoms with Gasteiger partial charge in [0.05, 0.1) is 20.3 Å². The number of benzene rings is 1. The first kappa shape index (κ1) is 19.5. The highest BCUT2D eigenvalue weighted by atomic mass is 16.5. The highest BCUT2D eigenvalue weighted by molar-refractivity contribution is 5.75. The lowest BCUT2D eigenvalue weighted by Gasteiger charge is -2.25. The maximum Gasteiger partial charge on any atom is 0.318 e. The fourth-order valence-electron chi connectivity index (χ4n) is 4.30. The number of urea groups is 1. The first-order valence-corrected chi connectivity index (χ1v) is 10.4. The number of nitrogens with one attached hydrogen (secondary N) is 1. The summed E-state index contributed by atoms with van der Waals surface area (Å²) in [4.78, 5) is 14.8. The summed E-state index contributed by atoms with van der Waals surface area (Å²) in [6.07, 6.45) is 6.43. The van der Waals surface area contributed by atoms with Crippen molar-refractivity contribution in [1.29, 1.82) is 0 Å².